The standard InChI is InChI=1S/C8H19ClN2O2S/c1-8(2,11(3)4)7-10-14(12,13)6-5-9/h10H,5-7H2,1-4H3. The largest absolute Gasteiger partial charge is 0.303 e. The van der Waals surface area contributed by atoms with Crippen molar-refractivity contribution in [1.29, 1.82) is 0 Å². The summed E-state index contributed by atoms with van der Waals surface area (Å²) in [6.45, 7) is 4.33. The Hall–Kier alpha value is 0.160. The Morgan fingerprint density at radius 2 is 1.86 bits per heavy atom. The van der Waals surface area contributed by atoms with Crippen LogP contribution in [0.5, 0.6) is 0 Å². The zero-order valence-corrected chi connectivity index (χ0v) is 10.7. The molecule has 6 heteroatoms. The second-order valence-electron chi connectivity index (χ2n) is 4.04. The molecule has 0 aromatic heterocycles. The van der Waals surface area contributed by atoms with E-state index in [2.05, 4.69) is 4.72 Å². The number of likely N-dealkylation sites (N-methyl/N-ethyl adjacent to an activating group) is 1. The third kappa shape index (κ3) is 5.14. The number of nitrogens with one attached hydrogen (secondary N) is 1. The molecule has 14 heavy (non-hydrogen) atoms. The number of halogens is 1. The first-order valence-corrected chi connectivity index (χ1v) is 6.61. The van der Waals surface area contributed by atoms with E-state index < -0.39 is 10.0 Å². The first kappa shape index (κ1) is 14.2. The van der Waals surface area contributed by atoms with E-state index in [9.17, 15) is 8.42 Å². The fraction of sp³-hybridized carbons (Fsp3) is 1.00. The van der Waals surface area contributed by atoms with Gasteiger partial charge in [-0.3, -0.25) is 0 Å². The molecule has 86 valence electrons. The van der Waals surface area contributed by atoms with Gasteiger partial charge < -0.3 is 4.90 Å². The highest BCUT2D eigenvalue weighted by Gasteiger charge is 2.22. The molecule has 0 radical (unpaired) electrons. The molecule has 0 heterocycles. The van der Waals surface area contributed by atoms with Crippen molar-refractivity contribution < 1.29 is 8.42 Å². The molecular formula is C8H19ClN2O2S. The molecule has 0 aliphatic heterocycles. The predicted octanol–water partition coefficient (Wildman–Crippen LogP) is 0.485. The molecular weight excluding hydrogens is 224 g/mol. The lowest BCUT2D eigenvalue weighted by Crippen LogP contribution is -2.48. The first-order chi connectivity index (χ1) is 6.21. The van der Waals surface area contributed by atoms with Gasteiger partial charge in [0.1, 0.15) is 0 Å². The van der Waals surface area contributed by atoms with Crippen molar-refractivity contribution in [1.82, 2.24) is 9.62 Å². The fourth-order valence-corrected chi connectivity index (χ4v) is 2.15. The summed E-state index contributed by atoms with van der Waals surface area (Å²) in [5, 5.41) is 0. The lowest BCUT2D eigenvalue weighted by atomic mass is 10.1. The average Bonchev–Trinajstić information content (AvgIpc) is 2.01. The molecule has 0 bridgehead atoms. The molecule has 0 unspecified atom stereocenters. The minimum atomic E-state index is -3.21. The molecule has 1 N–H and O–H groups in total. The minimum Gasteiger partial charge on any atom is -0.303 e. The summed E-state index contributed by atoms with van der Waals surface area (Å²) in [4.78, 5) is 1.97. The fourth-order valence-electron chi connectivity index (χ4n) is 0.618. The van der Waals surface area contributed by atoms with Crippen molar-refractivity contribution in [3.63, 3.8) is 0 Å². The van der Waals surface area contributed by atoms with Crippen LogP contribution in [0.4, 0.5) is 0 Å². The van der Waals surface area contributed by atoms with Crippen LogP contribution in [0.25, 0.3) is 0 Å². The molecule has 0 saturated heterocycles. The summed E-state index contributed by atoms with van der Waals surface area (Å²) in [5.41, 5.74) is -0.195. The highest BCUT2D eigenvalue weighted by atomic mass is 35.5. The summed E-state index contributed by atoms with van der Waals surface area (Å²) in [6.07, 6.45) is 0. The summed E-state index contributed by atoms with van der Waals surface area (Å²) >= 11 is 5.37. The summed E-state index contributed by atoms with van der Waals surface area (Å²) in [6, 6.07) is 0. The van der Waals surface area contributed by atoms with Gasteiger partial charge in [0.15, 0.2) is 0 Å². The molecule has 0 aromatic carbocycles. The van der Waals surface area contributed by atoms with E-state index in [4.69, 9.17) is 11.6 Å². The van der Waals surface area contributed by atoms with Gasteiger partial charge in [0.25, 0.3) is 0 Å². The molecule has 0 aromatic rings. The smallest absolute Gasteiger partial charge is 0.212 e. The molecule has 0 amide bonds. The molecule has 0 atom stereocenters. The monoisotopic (exact) mass is 242 g/mol. The maximum absolute atomic E-state index is 11.3. The molecule has 0 spiro atoms. The van der Waals surface area contributed by atoms with Crippen molar-refractivity contribution in [2.45, 2.75) is 19.4 Å². The first-order valence-electron chi connectivity index (χ1n) is 4.42. The quantitative estimate of drug-likeness (QED) is 0.690. The number of nitrogens with zero attached hydrogens (tertiary/aromatic N) is 1. The van der Waals surface area contributed by atoms with Gasteiger partial charge in [-0.1, -0.05) is 0 Å². The van der Waals surface area contributed by atoms with E-state index in [1.165, 1.54) is 0 Å². The normalized spacial score (nSPS) is 13.6. The average molecular weight is 243 g/mol. The van der Waals surface area contributed by atoms with E-state index in [1.54, 1.807) is 0 Å². The summed E-state index contributed by atoms with van der Waals surface area (Å²) < 4.78 is 25.1. The molecule has 0 aliphatic rings. The van der Waals surface area contributed by atoms with Crippen LogP contribution >= 0.6 is 11.6 Å². The topological polar surface area (TPSA) is 49.4 Å². The third-order valence-electron chi connectivity index (χ3n) is 2.28. The van der Waals surface area contributed by atoms with Gasteiger partial charge in [0, 0.05) is 18.0 Å². The number of sulfonamides is 1. The lowest BCUT2D eigenvalue weighted by Gasteiger charge is -2.32. The van der Waals surface area contributed by atoms with Gasteiger partial charge in [0.05, 0.1) is 5.75 Å². The van der Waals surface area contributed by atoms with Gasteiger partial charge in [0.2, 0.25) is 10.0 Å². The molecule has 0 saturated carbocycles. The molecule has 0 fully saturated rings. The van der Waals surface area contributed by atoms with Crippen LogP contribution < -0.4 is 4.72 Å². The predicted molar refractivity (Wildman–Crippen MR) is 60.3 cm³/mol. The molecule has 4 nitrogen and oxygen atoms in total. The van der Waals surface area contributed by atoms with Crippen molar-refractivity contribution in [3.8, 4) is 0 Å². The van der Waals surface area contributed by atoms with Crippen molar-refractivity contribution in [3.05, 3.63) is 0 Å². The molecule has 0 rings (SSSR count). The maximum Gasteiger partial charge on any atom is 0.212 e. The maximum atomic E-state index is 11.3. The second-order valence-corrected chi connectivity index (χ2v) is 6.34. The van der Waals surface area contributed by atoms with Crippen molar-refractivity contribution in [2.75, 3.05) is 32.3 Å². The second kappa shape index (κ2) is 5.30. The lowest BCUT2D eigenvalue weighted by molar-refractivity contribution is 0.199. The van der Waals surface area contributed by atoms with Gasteiger partial charge in [-0.25, -0.2) is 13.1 Å². The Labute approximate surface area is 91.7 Å². The minimum absolute atomic E-state index is 0.0297. The van der Waals surface area contributed by atoms with Crippen LogP contribution in [-0.2, 0) is 10.0 Å². The van der Waals surface area contributed by atoms with Crippen LogP contribution in [0.15, 0.2) is 0 Å². The Kier molecular flexibility index (Phi) is 5.36. The Bertz CT molecular complexity index is 263. The van der Waals surface area contributed by atoms with Crippen LogP contribution in [0.1, 0.15) is 13.8 Å². The Balaban J connectivity index is 4.19. The van der Waals surface area contributed by atoms with E-state index in [0.717, 1.165) is 0 Å². The Morgan fingerprint density at radius 3 is 2.21 bits per heavy atom. The van der Waals surface area contributed by atoms with E-state index >= 15 is 0 Å². The van der Waals surface area contributed by atoms with E-state index in [1.807, 2.05) is 32.8 Å². The zero-order valence-electron chi connectivity index (χ0n) is 9.17. The number of alkyl halides is 1. The van der Waals surface area contributed by atoms with Crippen LogP contribution in [0.2, 0.25) is 0 Å². The summed E-state index contributed by atoms with van der Waals surface area (Å²) in [7, 11) is 0.618. The number of hydrogen-bond acceptors (Lipinski definition) is 3. The summed E-state index contributed by atoms with van der Waals surface area (Å²) in [5.74, 6) is 0.0930. The van der Waals surface area contributed by atoms with Gasteiger partial charge >= 0.3 is 0 Å². The third-order valence-corrected chi connectivity index (χ3v) is 4.02. The van der Waals surface area contributed by atoms with Gasteiger partial charge in [-0.05, 0) is 27.9 Å². The number of hydrogen-bond donors (Lipinski definition) is 1. The van der Waals surface area contributed by atoms with Crippen molar-refractivity contribution in [2.24, 2.45) is 0 Å². The molecule has 0 aliphatic carbocycles. The van der Waals surface area contributed by atoms with Crippen molar-refractivity contribution >= 4 is 21.6 Å². The highest BCUT2D eigenvalue weighted by Crippen LogP contribution is 2.08. The van der Waals surface area contributed by atoms with E-state index in [-0.39, 0.29) is 17.2 Å². The SMILES string of the molecule is CN(C)C(C)(C)CNS(=O)(=O)CCCl. The van der Waals surface area contributed by atoms with Gasteiger partial charge in [-0.2, -0.15) is 0 Å². The van der Waals surface area contributed by atoms with Crippen LogP contribution in [0.3, 0.4) is 0 Å². The Morgan fingerprint density at radius 1 is 1.36 bits per heavy atom. The zero-order chi connectivity index (χ0) is 11.4. The van der Waals surface area contributed by atoms with Gasteiger partial charge in [-0.15, -0.1) is 11.6 Å². The number of rotatable bonds is 6. The van der Waals surface area contributed by atoms with Crippen LogP contribution in [0, 0.1) is 0 Å². The van der Waals surface area contributed by atoms with Crippen LogP contribution in [-0.4, -0.2) is 51.1 Å². The van der Waals surface area contributed by atoms with E-state index in [0.29, 0.717) is 6.54 Å². The highest BCUT2D eigenvalue weighted by molar-refractivity contribution is 7.89.